The van der Waals surface area contributed by atoms with Crippen molar-refractivity contribution in [3.63, 3.8) is 0 Å². The van der Waals surface area contributed by atoms with Crippen LogP contribution in [0.1, 0.15) is 42.3 Å². The Morgan fingerprint density at radius 2 is 2.28 bits per heavy atom. The minimum absolute atomic E-state index is 0.0600. The molecule has 1 aromatic rings. The fourth-order valence-corrected chi connectivity index (χ4v) is 4.08. The first-order valence-electron chi connectivity index (χ1n) is 9.20. The van der Waals surface area contributed by atoms with Crippen LogP contribution >= 0.6 is 0 Å². The van der Waals surface area contributed by atoms with Gasteiger partial charge in [-0.05, 0) is 19.4 Å². The van der Waals surface area contributed by atoms with Crippen molar-refractivity contribution >= 4 is 11.8 Å². The Kier molecular flexibility index (Phi) is 4.41. The highest BCUT2D eigenvalue weighted by molar-refractivity contribution is 5.89. The topological polar surface area (TPSA) is 78.4 Å². The third kappa shape index (κ3) is 3.25. The molecular weight excluding hydrogens is 318 g/mol. The minimum atomic E-state index is -0.201. The molecule has 4 rings (SSSR count). The number of hydrogen-bond donors (Lipinski definition) is 1. The van der Waals surface area contributed by atoms with Gasteiger partial charge in [-0.3, -0.25) is 9.59 Å². The van der Waals surface area contributed by atoms with Crippen LogP contribution in [0.2, 0.25) is 0 Å². The second-order valence-electron chi connectivity index (χ2n) is 7.43. The monoisotopic (exact) mass is 343 g/mol. The summed E-state index contributed by atoms with van der Waals surface area (Å²) in [7, 11) is 1.76. The molecular formula is C18H25N5O2. The van der Waals surface area contributed by atoms with E-state index in [-0.39, 0.29) is 17.7 Å². The Hall–Kier alpha value is -2.02. The minimum Gasteiger partial charge on any atom is -0.345 e. The summed E-state index contributed by atoms with van der Waals surface area (Å²) in [6.45, 7) is 3.81. The largest absolute Gasteiger partial charge is 0.345 e. The molecule has 2 unspecified atom stereocenters. The number of piperidine rings is 1. The summed E-state index contributed by atoms with van der Waals surface area (Å²) in [6, 6.07) is 0. The number of nitrogens with one attached hydrogen (secondary N) is 1. The molecule has 2 fully saturated rings. The zero-order chi connectivity index (χ0) is 17.4. The molecule has 3 aliphatic heterocycles. The summed E-state index contributed by atoms with van der Waals surface area (Å²) in [6.07, 6.45) is 5.31. The molecule has 0 aromatic carbocycles. The molecule has 3 aliphatic rings. The number of fused-ring (bicyclic) bond motifs is 1. The van der Waals surface area contributed by atoms with Crippen LogP contribution in [0.5, 0.6) is 0 Å². The standard InChI is InChI=1S/C18H25N5O2/c1-22-10-13(7-16(22)24)18(25)23-6-4-15-14(11-23)9-20-17(21-15)12-3-2-5-19-8-12/h9,12-13,19H,2-8,10-11H2,1H3. The molecule has 0 saturated carbocycles. The first kappa shape index (κ1) is 16.4. The van der Waals surface area contributed by atoms with E-state index in [0.717, 1.165) is 43.0 Å². The van der Waals surface area contributed by atoms with E-state index in [4.69, 9.17) is 4.98 Å². The number of likely N-dealkylation sites (tertiary alicyclic amines) is 1. The van der Waals surface area contributed by atoms with Crippen LogP contribution in [0.4, 0.5) is 0 Å². The lowest BCUT2D eigenvalue weighted by molar-refractivity contribution is -0.136. The maximum atomic E-state index is 12.7. The van der Waals surface area contributed by atoms with Crippen LogP contribution in [0, 0.1) is 5.92 Å². The van der Waals surface area contributed by atoms with Crippen LogP contribution in [-0.4, -0.2) is 64.8 Å². The van der Waals surface area contributed by atoms with Crippen LogP contribution < -0.4 is 5.32 Å². The molecule has 0 bridgehead atoms. The summed E-state index contributed by atoms with van der Waals surface area (Å²) in [5, 5.41) is 3.41. The maximum Gasteiger partial charge on any atom is 0.228 e. The molecule has 134 valence electrons. The lowest BCUT2D eigenvalue weighted by Gasteiger charge is -2.30. The molecule has 0 aliphatic carbocycles. The SMILES string of the molecule is CN1CC(C(=O)N2CCc3nc(C4CCCNC4)ncc3C2)CC1=O. The number of aromatic nitrogens is 2. The second-order valence-corrected chi connectivity index (χ2v) is 7.43. The van der Waals surface area contributed by atoms with Crippen molar-refractivity contribution in [2.45, 2.75) is 38.1 Å². The summed E-state index contributed by atoms with van der Waals surface area (Å²) in [4.78, 5) is 37.3. The molecule has 7 nitrogen and oxygen atoms in total. The van der Waals surface area contributed by atoms with Crippen molar-refractivity contribution in [1.82, 2.24) is 25.1 Å². The number of carbonyl (C=O) groups excluding carboxylic acids is 2. The third-order valence-corrected chi connectivity index (χ3v) is 5.62. The lowest BCUT2D eigenvalue weighted by atomic mass is 9.97. The van der Waals surface area contributed by atoms with E-state index in [9.17, 15) is 9.59 Å². The van der Waals surface area contributed by atoms with Crippen molar-refractivity contribution in [1.29, 1.82) is 0 Å². The van der Waals surface area contributed by atoms with Gasteiger partial charge in [-0.1, -0.05) is 0 Å². The Bertz CT molecular complexity index is 686. The van der Waals surface area contributed by atoms with Gasteiger partial charge >= 0.3 is 0 Å². The molecule has 0 radical (unpaired) electrons. The van der Waals surface area contributed by atoms with Crippen molar-refractivity contribution in [2.24, 2.45) is 5.92 Å². The molecule has 4 heterocycles. The quantitative estimate of drug-likeness (QED) is 0.836. The normalized spacial score (nSPS) is 26.7. The smallest absolute Gasteiger partial charge is 0.228 e. The van der Waals surface area contributed by atoms with Crippen LogP contribution in [-0.2, 0) is 22.6 Å². The average molecular weight is 343 g/mol. The van der Waals surface area contributed by atoms with E-state index in [1.54, 1.807) is 11.9 Å². The van der Waals surface area contributed by atoms with Crippen molar-refractivity contribution < 1.29 is 9.59 Å². The van der Waals surface area contributed by atoms with E-state index in [0.29, 0.717) is 32.0 Å². The van der Waals surface area contributed by atoms with E-state index < -0.39 is 0 Å². The van der Waals surface area contributed by atoms with Gasteiger partial charge in [-0.25, -0.2) is 9.97 Å². The molecule has 1 aromatic heterocycles. The molecule has 0 spiro atoms. The van der Waals surface area contributed by atoms with Gasteiger partial charge in [0, 0.05) is 63.7 Å². The summed E-state index contributed by atoms with van der Waals surface area (Å²) >= 11 is 0. The highest BCUT2D eigenvalue weighted by atomic mass is 16.2. The van der Waals surface area contributed by atoms with Crippen LogP contribution in [0.3, 0.4) is 0 Å². The predicted octanol–water partition coefficient (Wildman–Crippen LogP) is 0.307. The summed E-state index contributed by atoms with van der Waals surface area (Å²) in [5.41, 5.74) is 2.13. The average Bonchev–Trinajstić information content (AvgIpc) is 2.99. The van der Waals surface area contributed by atoms with Gasteiger partial charge in [0.05, 0.1) is 11.6 Å². The number of hydrogen-bond acceptors (Lipinski definition) is 5. The molecule has 1 N–H and O–H groups in total. The van der Waals surface area contributed by atoms with Crippen molar-refractivity contribution in [3.8, 4) is 0 Å². The van der Waals surface area contributed by atoms with E-state index in [2.05, 4.69) is 10.3 Å². The van der Waals surface area contributed by atoms with Gasteiger partial charge in [-0.15, -0.1) is 0 Å². The van der Waals surface area contributed by atoms with Gasteiger partial charge in [0.2, 0.25) is 11.8 Å². The number of amides is 2. The lowest BCUT2D eigenvalue weighted by Crippen LogP contribution is -2.41. The van der Waals surface area contributed by atoms with Gasteiger partial charge in [-0.2, -0.15) is 0 Å². The predicted molar refractivity (Wildman–Crippen MR) is 91.7 cm³/mol. The Morgan fingerprint density at radius 1 is 1.40 bits per heavy atom. The third-order valence-electron chi connectivity index (χ3n) is 5.62. The Labute approximate surface area is 147 Å². The van der Waals surface area contributed by atoms with E-state index in [1.165, 1.54) is 6.42 Å². The second kappa shape index (κ2) is 6.71. The molecule has 2 saturated heterocycles. The number of nitrogens with zero attached hydrogens (tertiary/aromatic N) is 4. The van der Waals surface area contributed by atoms with Crippen LogP contribution in [0.15, 0.2) is 6.20 Å². The van der Waals surface area contributed by atoms with Gasteiger partial charge < -0.3 is 15.1 Å². The fourth-order valence-electron chi connectivity index (χ4n) is 4.08. The Morgan fingerprint density at radius 3 is 3.00 bits per heavy atom. The molecule has 25 heavy (non-hydrogen) atoms. The Balaban J connectivity index is 1.44. The first-order chi connectivity index (χ1) is 12.1. The van der Waals surface area contributed by atoms with Gasteiger partial charge in [0.1, 0.15) is 5.82 Å². The van der Waals surface area contributed by atoms with Gasteiger partial charge in [0.25, 0.3) is 0 Å². The van der Waals surface area contributed by atoms with Crippen molar-refractivity contribution in [2.75, 3.05) is 33.2 Å². The van der Waals surface area contributed by atoms with Crippen molar-refractivity contribution in [3.05, 3.63) is 23.3 Å². The summed E-state index contributed by atoms with van der Waals surface area (Å²) < 4.78 is 0. The highest BCUT2D eigenvalue weighted by Crippen LogP contribution is 2.25. The number of carbonyl (C=O) groups is 2. The zero-order valence-corrected chi connectivity index (χ0v) is 14.7. The van der Waals surface area contributed by atoms with E-state index >= 15 is 0 Å². The molecule has 2 atom stereocenters. The highest BCUT2D eigenvalue weighted by Gasteiger charge is 2.36. The van der Waals surface area contributed by atoms with E-state index in [1.807, 2.05) is 11.1 Å². The summed E-state index contributed by atoms with van der Waals surface area (Å²) in [5.74, 6) is 1.29. The fraction of sp³-hybridized carbons (Fsp3) is 0.667. The molecule has 7 heteroatoms. The number of rotatable bonds is 2. The van der Waals surface area contributed by atoms with Gasteiger partial charge in [0.15, 0.2) is 0 Å². The van der Waals surface area contributed by atoms with Crippen LogP contribution in [0.25, 0.3) is 0 Å². The molecule has 2 amide bonds. The first-order valence-corrected chi connectivity index (χ1v) is 9.20. The zero-order valence-electron chi connectivity index (χ0n) is 14.7. The maximum absolute atomic E-state index is 12.7.